The van der Waals surface area contributed by atoms with Crippen molar-refractivity contribution in [1.82, 2.24) is 9.97 Å². The molecule has 0 aliphatic rings. The molecule has 0 saturated heterocycles. The molecule has 104 valence electrons. The molecule has 6 heteroatoms. The maximum atomic E-state index is 12.0. The molecule has 2 rings (SSSR count). The second-order valence-electron chi connectivity index (χ2n) is 4.19. The zero-order valence-electron chi connectivity index (χ0n) is 10.9. The van der Waals surface area contributed by atoms with Crippen molar-refractivity contribution in [2.24, 2.45) is 0 Å². The van der Waals surface area contributed by atoms with Gasteiger partial charge in [-0.1, -0.05) is 46.6 Å². The highest BCUT2D eigenvalue weighted by molar-refractivity contribution is 9.10. The number of carbonyl (C=O) groups is 1. The van der Waals surface area contributed by atoms with Crippen molar-refractivity contribution in [3.63, 3.8) is 0 Å². The normalized spacial score (nSPS) is 10.3. The van der Waals surface area contributed by atoms with Crippen LogP contribution in [0.5, 0.6) is 0 Å². The molecule has 2 aromatic rings. The first-order chi connectivity index (χ1) is 9.60. The lowest BCUT2D eigenvalue weighted by Crippen LogP contribution is -2.16. The van der Waals surface area contributed by atoms with Gasteiger partial charge in [0.15, 0.2) is 5.82 Å². The minimum absolute atomic E-state index is 0.157. The van der Waals surface area contributed by atoms with Crippen molar-refractivity contribution in [3.05, 3.63) is 51.3 Å². The van der Waals surface area contributed by atoms with Crippen LogP contribution in [0.15, 0.2) is 35.1 Å². The van der Waals surface area contributed by atoms with Crippen LogP contribution >= 0.6 is 27.5 Å². The van der Waals surface area contributed by atoms with Gasteiger partial charge in [-0.3, -0.25) is 4.79 Å². The molecule has 0 saturated carbocycles. The van der Waals surface area contributed by atoms with Crippen LogP contribution in [0.2, 0.25) is 5.02 Å². The summed E-state index contributed by atoms with van der Waals surface area (Å²) in [5.74, 6) is 0.204. The molecule has 0 radical (unpaired) electrons. The lowest BCUT2D eigenvalue weighted by molar-refractivity contribution is -0.115. The number of nitrogens with one attached hydrogen (secondary N) is 1. The molecule has 0 aliphatic heterocycles. The molecule has 4 nitrogen and oxygen atoms in total. The molecule has 0 spiro atoms. The summed E-state index contributed by atoms with van der Waals surface area (Å²) in [6, 6.07) is 7.58. The van der Waals surface area contributed by atoms with Gasteiger partial charge < -0.3 is 5.32 Å². The van der Waals surface area contributed by atoms with E-state index in [1.54, 1.807) is 0 Å². The van der Waals surface area contributed by atoms with Crippen molar-refractivity contribution in [2.75, 3.05) is 5.32 Å². The van der Waals surface area contributed by atoms with Gasteiger partial charge in [0.1, 0.15) is 11.3 Å². The zero-order valence-corrected chi connectivity index (χ0v) is 13.2. The highest BCUT2D eigenvalue weighted by atomic mass is 79.9. The van der Waals surface area contributed by atoms with Crippen LogP contribution in [0.1, 0.15) is 18.2 Å². The molecule has 1 aromatic carbocycles. The Morgan fingerprint density at radius 1 is 1.30 bits per heavy atom. The first kappa shape index (κ1) is 14.9. The van der Waals surface area contributed by atoms with E-state index in [2.05, 4.69) is 31.2 Å². The number of hydrogen-bond donors (Lipinski definition) is 1. The fourth-order valence-electron chi connectivity index (χ4n) is 1.70. The minimum Gasteiger partial charge on any atom is -0.309 e. The van der Waals surface area contributed by atoms with E-state index in [4.69, 9.17) is 11.6 Å². The third-order valence-corrected chi connectivity index (χ3v) is 3.66. The standard InChI is InChI=1S/C14H13BrClN3O/c1-2-11-13(16)14(18-8-17-11)19-12(20)7-9-3-5-10(15)6-4-9/h3-6,8H,2,7H2,1H3,(H,17,18,19,20). The van der Waals surface area contributed by atoms with Crippen molar-refractivity contribution < 1.29 is 4.79 Å². The number of anilines is 1. The number of aromatic nitrogens is 2. The molecule has 0 atom stereocenters. The number of nitrogens with zero attached hydrogens (tertiary/aromatic N) is 2. The molecular formula is C14H13BrClN3O. The lowest BCUT2D eigenvalue weighted by atomic mass is 10.1. The van der Waals surface area contributed by atoms with Crippen molar-refractivity contribution in [2.45, 2.75) is 19.8 Å². The van der Waals surface area contributed by atoms with E-state index >= 15 is 0 Å². The second-order valence-corrected chi connectivity index (χ2v) is 5.48. The van der Waals surface area contributed by atoms with E-state index in [-0.39, 0.29) is 12.3 Å². The molecule has 0 bridgehead atoms. The van der Waals surface area contributed by atoms with Gasteiger partial charge >= 0.3 is 0 Å². The Bertz CT molecular complexity index is 616. The van der Waals surface area contributed by atoms with E-state index in [0.717, 1.165) is 15.7 Å². The number of amides is 1. The topological polar surface area (TPSA) is 54.9 Å². The van der Waals surface area contributed by atoms with Crippen LogP contribution in [-0.2, 0) is 17.6 Å². The van der Waals surface area contributed by atoms with Gasteiger partial charge in [-0.25, -0.2) is 9.97 Å². The summed E-state index contributed by atoms with van der Waals surface area (Å²) in [6.45, 7) is 1.95. The average Bonchev–Trinajstić information content (AvgIpc) is 2.44. The monoisotopic (exact) mass is 353 g/mol. The average molecular weight is 355 g/mol. The number of halogens is 2. The summed E-state index contributed by atoms with van der Waals surface area (Å²) < 4.78 is 0.980. The van der Waals surface area contributed by atoms with Gasteiger partial charge in [-0.05, 0) is 24.1 Å². The molecule has 1 heterocycles. The number of aryl methyl sites for hydroxylation is 1. The molecule has 1 aromatic heterocycles. The summed E-state index contributed by atoms with van der Waals surface area (Å²) in [5.41, 5.74) is 1.65. The van der Waals surface area contributed by atoms with Gasteiger partial charge in [-0.2, -0.15) is 0 Å². The quantitative estimate of drug-likeness (QED) is 0.912. The number of carbonyl (C=O) groups excluding carboxylic acids is 1. The van der Waals surface area contributed by atoms with E-state index in [0.29, 0.717) is 17.3 Å². The molecule has 1 amide bonds. The SMILES string of the molecule is CCc1ncnc(NC(=O)Cc2ccc(Br)cc2)c1Cl. The van der Waals surface area contributed by atoms with Gasteiger partial charge in [0.25, 0.3) is 0 Å². The number of benzene rings is 1. The molecule has 1 N–H and O–H groups in total. The van der Waals surface area contributed by atoms with Crippen molar-refractivity contribution >= 4 is 39.3 Å². The molecule has 20 heavy (non-hydrogen) atoms. The van der Waals surface area contributed by atoms with Gasteiger partial charge in [-0.15, -0.1) is 0 Å². The lowest BCUT2D eigenvalue weighted by Gasteiger charge is -2.08. The van der Waals surface area contributed by atoms with Crippen LogP contribution in [-0.4, -0.2) is 15.9 Å². The first-order valence-corrected chi connectivity index (χ1v) is 7.31. The Balaban J connectivity index is 2.06. The third-order valence-electron chi connectivity index (χ3n) is 2.73. The van der Waals surface area contributed by atoms with E-state index in [1.165, 1.54) is 6.33 Å². The Hall–Kier alpha value is -1.46. The summed E-state index contributed by atoms with van der Waals surface area (Å²) in [5, 5.41) is 3.12. The molecule has 0 aliphatic carbocycles. The third kappa shape index (κ3) is 3.77. The van der Waals surface area contributed by atoms with Gasteiger partial charge in [0, 0.05) is 4.47 Å². The van der Waals surface area contributed by atoms with Crippen molar-refractivity contribution in [1.29, 1.82) is 0 Å². The minimum atomic E-state index is -0.157. The van der Waals surface area contributed by atoms with Gasteiger partial charge in [0.2, 0.25) is 5.91 Å². The summed E-state index contributed by atoms with van der Waals surface area (Å²) in [6.07, 6.45) is 2.37. The highest BCUT2D eigenvalue weighted by Gasteiger charge is 2.11. The summed E-state index contributed by atoms with van der Waals surface area (Å²) >= 11 is 9.49. The zero-order chi connectivity index (χ0) is 14.5. The molecule has 0 unspecified atom stereocenters. The van der Waals surface area contributed by atoms with Crippen LogP contribution in [0.3, 0.4) is 0 Å². The maximum Gasteiger partial charge on any atom is 0.229 e. The van der Waals surface area contributed by atoms with E-state index in [1.807, 2.05) is 31.2 Å². The van der Waals surface area contributed by atoms with Crippen LogP contribution in [0.25, 0.3) is 0 Å². The fourth-order valence-corrected chi connectivity index (χ4v) is 2.25. The summed E-state index contributed by atoms with van der Waals surface area (Å²) in [7, 11) is 0. The largest absolute Gasteiger partial charge is 0.309 e. The maximum absolute atomic E-state index is 12.0. The van der Waals surface area contributed by atoms with E-state index in [9.17, 15) is 4.79 Å². The number of rotatable bonds is 4. The van der Waals surface area contributed by atoms with E-state index < -0.39 is 0 Å². The van der Waals surface area contributed by atoms with Crippen LogP contribution in [0, 0.1) is 0 Å². The summed E-state index contributed by atoms with van der Waals surface area (Å²) in [4.78, 5) is 20.0. The Labute approximate surface area is 130 Å². The fraction of sp³-hybridized carbons (Fsp3) is 0.214. The highest BCUT2D eigenvalue weighted by Crippen LogP contribution is 2.22. The second kappa shape index (κ2) is 6.81. The predicted octanol–water partition coefficient (Wildman–Crippen LogP) is 3.64. The van der Waals surface area contributed by atoms with Crippen molar-refractivity contribution in [3.8, 4) is 0 Å². The Morgan fingerprint density at radius 3 is 2.65 bits per heavy atom. The van der Waals surface area contributed by atoms with Crippen LogP contribution in [0.4, 0.5) is 5.82 Å². The molecular weight excluding hydrogens is 342 g/mol. The van der Waals surface area contributed by atoms with Gasteiger partial charge in [0.05, 0.1) is 12.1 Å². The Kier molecular flexibility index (Phi) is 5.09. The first-order valence-electron chi connectivity index (χ1n) is 6.13. The Morgan fingerprint density at radius 2 is 2.00 bits per heavy atom. The smallest absolute Gasteiger partial charge is 0.229 e. The predicted molar refractivity (Wildman–Crippen MR) is 82.9 cm³/mol. The molecule has 0 fully saturated rings. The number of hydrogen-bond acceptors (Lipinski definition) is 3. The van der Waals surface area contributed by atoms with Crippen LogP contribution < -0.4 is 5.32 Å².